The van der Waals surface area contributed by atoms with E-state index in [1.165, 1.54) is 31.2 Å². The van der Waals surface area contributed by atoms with Crippen LogP contribution in [-0.4, -0.2) is 5.97 Å². The van der Waals surface area contributed by atoms with Crippen molar-refractivity contribution in [2.24, 2.45) is 0 Å². The number of ether oxygens (including phenoxy) is 1. The molecule has 0 aromatic heterocycles. The molecule has 3 rings (SSSR count). The Hall–Kier alpha value is -3.75. The molecule has 0 N–H and O–H groups in total. The molecular formula is C31H30O2. The second-order valence-corrected chi connectivity index (χ2v) is 7.90. The van der Waals surface area contributed by atoms with Crippen LogP contribution >= 0.6 is 0 Å². The highest BCUT2D eigenvalue weighted by atomic mass is 16.5. The Morgan fingerprint density at radius 2 is 1.27 bits per heavy atom. The molecule has 0 aliphatic heterocycles. The second kappa shape index (κ2) is 12.9. The minimum absolute atomic E-state index is 0.349. The highest BCUT2D eigenvalue weighted by Crippen LogP contribution is 2.15. The minimum atomic E-state index is -0.349. The number of rotatable bonds is 7. The first kappa shape index (κ1) is 23.9. The highest BCUT2D eigenvalue weighted by molar-refractivity contribution is 5.91. The molecule has 0 unspecified atom stereocenters. The van der Waals surface area contributed by atoms with E-state index in [0.717, 1.165) is 29.5 Å². The summed E-state index contributed by atoms with van der Waals surface area (Å²) in [6.07, 6.45) is 6.85. The van der Waals surface area contributed by atoms with E-state index < -0.39 is 0 Å². The number of carbonyl (C=O) groups is 1. The van der Waals surface area contributed by atoms with E-state index in [2.05, 4.69) is 30.6 Å². The largest absolute Gasteiger partial charge is 0.423 e. The summed E-state index contributed by atoms with van der Waals surface area (Å²) in [7, 11) is 0. The molecule has 0 atom stereocenters. The average molecular weight is 435 g/mol. The third-order valence-corrected chi connectivity index (χ3v) is 5.22. The van der Waals surface area contributed by atoms with Crippen LogP contribution in [0, 0.1) is 23.7 Å². The molecule has 0 amide bonds. The van der Waals surface area contributed by atoms with Gasteiger partial charge in [-0.15, -0.1) is 0 Å². The number of benzene rings is 3. The van der Waals surface area contributed by atoms with Crippen molar-refractivity contribution < 1.29 is 9.53 Å². The van der Waals surface area contributed by atoms with E-state index in [4.69, 9.17) is 4.74 Å². The molecule has 3 aromatic rings. The molecule has 0 saturated heterocycles. The molecule has 2 heteroatoms. The van der Waals surface area contributed by atoms with E-state index in [-0.39, 0.29) is 5.97 Å². The first-order valence-electron chi connectivity index (χ1n) is 11.7. The summed E-state index contributed by atoms with van der Waals surface area (Å²) in [5.74, 6) is 12.6. The lowest BCUT2D eigenvalue weighted by atomic mass is 10.0. The van der Waals surface area contributed by atoms with E-state index in [0.29, 0.717) is 11.3 Å². The molecule has 0 radical (unpaired) electrons. The summed E-state index contributed by atoms with van der Waals surface area (Å²) in [6, 6.07) is 22.9. The number of unbranched alkanes of at least 4 members (excludes halogenated alkanes) is 3. The molecule has 0 aliphatic rings. The maximum absolute atomic E-state index is 12.5. The van der Waals surface area contributed by atoms with Crippen LogP contribution in [0.15, 0.2) is 72.8 Å². The van der Waals surface area contributed by atoms with Crippen LogP contribution in [0.4, 0.5) is 0 Å². The molecule has 33 heavy (non-hydrogen) atoms. The summed E-state index contributed by atoms with van der Waals surface area (Å²) in [6.45, 7) is 4.25. The lowest BCUT2D eigenvalue weighted by molar-refractivity contribution is 0.0734. The normalized spacial score (nSPS) is 9.88. The molecule has 3 aromatic carbocycles. The van der Waals surface area contributed by atoms with Gasteiger partial charge in [0, 0.05) is 23.1 Å². The Labute approximate surface area is 198 Å². The van der Waals surface area contributed by atoms with Gasteiger partial charge in [0.05, 0.1) is 5.56 Å². The summed E-state index contributed by atoms with van der Waals surface area (Å²) >= 11 is 0. The Kier molecular flexibility index (Phi) is 9.38. The topological polar surface area (TPSA) is 26.3 Å². The summed E-state index contributed by atoms with van der Waals surface area (Å²) in [4.78, 5) is 12.5. The molecule has 2 nitrogen and oxygen atoms in total. The van der Waals surface area contributed by atoms with E-state index in [1.807, 2.05) is 67.6 Å². The van der Waals surface area contributed by atoms with Crippen molar-refractivity contribution >= 4 is 5.97 Å². The van der Waals surface area contributed by atoms with Gasteiger partial charge >= 0.3 is 5.97 Å². The van der Waals surface area contributed by atoms with Crippen LogP contribution in [0.3, 0.4) is 0 Å². The number of esters is 1. The van der Waals surface area contributed by atoms with Crippen LogP contribution in [0.1, 0.15) is 78.6 Å². The van der Waals surface area contributed by atoms with Crippen molar-refractivity contribution in [2.45, 2.75) is 52.4 Å². The predicted molar refractivity (Wildman–Crippen MR) is 135 cm³/mol. The summed E-state index contributed by atoms with van der Waals surface area (Å²) in [5, 5.41) is 0. The van der Waals surface area contributed by atoms with E-state index >= 15 is 0 Å². The Morgan fingerprint density at radius 1 is 0.697 bits per heavy atom. The number of aryl methyl sites for hydroxylation is 1. The van der Waals surface area contributed by atoms with Crippen molar-refractivity contribution in [3.8, 4) is 29.4 Å². The first-order chi connectivity index (χ1) is 16.2. The molecule has 0 fully saturated rings. The van der Waals surface area contributed by atoms with Crippen LogP contribution < -0.4 is 4.74 Å². The number of hydrogen-bond acceptors (Lipinski definition) is 2. The van der Waals surface area contributed by atoms with Gasteiger partial charge in [-0.3, -0.25) is 0 Å². The zero-order chi connectivity index (χ0) is 23.3. The first-order valence-corrected chi connectivity index (χ1v) is 11.7. The number of carbonyl (C=O) groups excluding carboxylic acids is 1. The SMILES string of the molecule is CCC#Cc1ccc(C#Cc2ccc(OC(=O)c3ccc(CCCCCC)cc3)cc2)cc1. The van der Waals surface area contributed by atoms with Gasteiger partial charge in [-0.1, -0.05) is 68.9 Å². The Balaban J connectivity index is 1.54. The third kappa shape index (κ3) is 8.03. The van der Waals surface area contributed by atoms with Gasteiger partial charge in [0.25, 0.3) is 0 Å². The summed E-state index contributed by atoms with van der Waals surface area (Å²) in [5.41, 5.74) is 4.60. The monoisotopic (exact) mass is 434 g/mol. The van der Waals surface area contributed by atoms with Gasteiger partial charge in [0.2, 0.25) is 0 Å². The quantitative estimate of drug-likeness (QED) is 0.170. The second-order valence-electron chi connectivity index (χ2n) is 7.90. The lowest BCUT2D eigenvalue weighted by Gasteiger charge is -2.06. The van der Waals surface area contributed by atoms with Crippen molar-refractivity contribution in [1.29, 1.82) is 0 Å². The summed E-state index contributed by atoms with van der Waals surface area (Å²) < 4.78 is 5.52. The molecule has 0 heterocycles. The molecule has 166 valence electrons. The van der Waals surface area contributed by atoms with Gasteiger partial charge in [0.15, 0.2) is 0 Å². The van der Waals surface area contributed by atoms with Crippen molar-refractivity contribution in [2.75, 3.05) is 0 Å². The van der Waals surface area contributed by atoms with Crippen LogP contribution in [0.2, 0.25) is 0 Å². The van der Waals surface area contributed by atoms with E-state index in [9.17, 15) is 4.79 Å². The predicted octanol–water partition coefficient (Wildman–Crippen LogP) is 7.19. The Bertz CT molecular complexity index is 1150. The Morgan fingerprint density at radius 3 is 1.85 bits per heavy atom. The number of hydrogen-bond donors (Lipinski definition) is 0. The standard InChI is InChI=1S/C31H30O2/c1-3-5-7-8-10-26-17-21-29(22-18-26)31(32)33-30-23-19-28(20-24-30)16-15-27-13-11-25(12-14-27)9-6-4-2/h11-14,17-24H,3-5,7-8,10H2,1-2H3. The fraction of sp³-hybridized carbons (Fsp3) is 0.258. The molecule has 0 aliphatic carbocycles. The van der Waals surface area contributed by atoms with Crippen LogP contribution in [0.5, 0.6) is 5.75 Å². The van der Waals surface area contributed by atoms with Crippen LogP contribution in [0.25, 0.3) is 0 Å². The fourth-order valence-electron chi connectivity index (χ4n) is 3.31. The smallest absolute Gasteiger partial charge is 0.343 e. The average Bonchev–Trinajstić information content (AvgIpc) is 2.86. The zero-order valence-electron chi connectivity index (χ0n) is 19.5. The molecule has 0 spiro atoms. The zero-order valence-corrected chi connectivity index (χ0v) is 19.5. The molecular weight excluding hydrogens is 404 g/mol. The van der Waals surface area contributed by atoms with Crippen molar-refractivity contribution in [1.82, 2.24) is 0 Å². The van der Waals surface area contributed by atoms with Gasteiger partial charge in [-0.25, -0.2) is 4.79 Å². The minimum Gasteiger partial charge on any atom is -0.423 e. The molecule has 0 bridgehead atoms. The maximum atomic E-state index is 12.5. The molecule has 0 saturated carbocycles. The third-order valence-electron chi connectivity index (χ3n) is 5.22. The highest BCUT2D eigenvalue weighted by Gasteiger charge is 2.08. The van der Waals surface area contributed by atoms with Gasteiger partial charge in [-0.05, 0) is 79.1 Å². The maximum Gasteiger partial charge on any atom is 0.343 e. The fourth-order valence-corrected chi connectivity index (χ4v) is 3.31. The van der Waals surface area contributed by atoms with Gasteiger partial charge in [0.1, 0.15) is 5.75 Å². The van der Waals surface area contributed by atoms with Gasteiger partial charge < -0.3 is 4.74 Å². The van der Waals surface area contributed by atoms with Crippen LogP contribution in [-0.2, 0) is 6.42 Å². The lowest BCUT2D eigenvalue weighted by Crippen LogP contribution is -2.08. The van der Waals surface area contributed by atoms with Crippen molar-refractivity contribution in [3.05, 3.63) is 101 Å². The van der Waals surface area contributed by atoms with E-state index in [1.54, 1.807) is 12.1 Å². The van der Waals surface area contributed by atoms with Gasteiger partial charge in [-0.2, -0.15) is 0 Å². The van der Waals surface area contributed by atoms with Crippen molar-refractivity contribution in [3.63, 3.8) is 0 Å².